The molecule has 1 N–H and O–H groups in total. The van der Waals surface area contributed by atoms with Crippen LogP contribution in [0.3, 0.4) is 0 Å². The molecule has 0 unspecified atom stereocenters. The van der Waals surface area contributed by atoms with Gasteiger partial charge in [0.25, 0.3) is 0 Å². The standard InChI is InChI=1S/C8H15NO2/c1-6(2)5-9-11-8(10)7(3)4/h6,9H,3,5H2,1-2,4H3. The predicted molar refractivity (Wildman–Crippen MR) is 43.7 cm³/mol. The number of nitrogens with one attached hydrogen (secondary N) is 1. The zero-order valence-corrected chi connectivity index (χ0v) is 7.31. The molecular formula is C8H15NO2. The van der Waals surface area contributed by atoms with Crippen LogP contribution in [0.4, 0.5) is 0 Å². The fraction of sp³-hybridized carbons (Fsp3) is 0.625. The second kappa shape index (κ2) is 4.91. The maximum atomic E-state index is 10.7. The molecule has 0 heterocycles. The Morgan fingerprint density at radius 2 is 2.18 bits per heavy atom. The lowest BCUT2D eigenvalue weighted by molar-refractivity contribution is -0.146. The van der Waals surface area contributed by atoms with E-state index in [0.29, 0.717) is 18.0 Å². The van der Waals surface area contributed by atoms with E-state index in [4.69, 9.17) is 0 Å². The van der Waals surface area contributed by atoms with E-state index in [0.717, 1.165) is 0 Å². The van der Waals surface area contributed by atoms with Crippen molar-refractivity contribution in [1.29, 1.82) is 0 Å². The van der Waals surface area contributed by atoms with Gasteiger partial charge in [-0.1, -0.05) is 20.4 Å². The molecule has 0 amide bonds. The molecule has 0 bridgehead atoms. The van der Waals surface area contributed by atoms with E-state index >= 15 is 0 Å². The SMILES string of the molecule is C=C(C)C(=O)ONCC(C)C. The molecule has 0 rings (SSSR count). The van der Waals surface area contributed by atoms with E-state index in [1.165, 1.54) is 0 Å². The average Bonchev–Trinajstić information content (AvgIpc) is 1.86. The Morgan fingerprint density at radius 1 is 1.64 bits per heavy atom. The molecule has 0 aromatic heterocycles. The van der Waals surface area contributed by atoms with Crippen LogP contribution in [0.25, 0.3) is 0 Å². The van der Waals surface area contributed by atoms with Crippen LogP contribution in [-0.4, -0.2) is 12.5 Å². The van der Waals surface area contributed by atoms with Gasteiger partial charge in [-0.25, -0.2) is 4.79 Å². The normalized spacial score (nSPS) is 9.82. The first kappa shape index (κ1) is 10.2. The molecule has 64 valence electrons. The molecule has 0 aliphatic carbocycles. The molecule has 0 aromatic carbocycles. The Morgan fingerprint density at radius 3 is 2.55 bits per heavy atom. The highest BCUT2D eigenvalue weighted by atomic mass is 16.7. The summed E-state index contributed by atoms with van der Waals surface area (Å²) in [5.74, 6) is 0.0681. The van der Waals surface area contributed by atoms with Gasteiger partial charge < -0.3 is 4.84 Å². The summed E-state index contributed by atoms with van der Waals surface area (Å²) in [6, 6.07) is 0. The van der Waals surface area contributed by atoms with Crippen molar-refractivity contribution in [2.45, 2.75) is 20.8 Å². The van der Waals surface area contributed by atoms with E-state index in [2.05, 4.69) is 16.9 Å². The van der Waals surface area contributed by atoms with E-state index in [9.17, 15) is 4.79 Å². The van der Waals surface area contributed by atoms with Crippen molar-refractivity contribution in [1.82, 2.24) is 5.48 Å². The van der Waals surface area contributed by atoms with Gasteiger partial charge in [-0.2, -0.15) is 5.48 Å². The third-order valence-electron chi connectivity index (χ3n) is 1.00. The molecule has 0 atom stereocenters. The van der Waals surface area contributed by atoms with Crippen molar-refractivity contribution in [3.63, 3.8) is 0 Å². The second-order valence-corrected chi connectivity index (χ2v) is 2.91. The first-order valence-electron chi connectivity index (χ1n) is 3.63. The Labute approximate surface area is 67.4 Å². The summed E-state index contributed by atoms with van der Waals surface area (Å²) < 4.78 is 0. The molecule has 11 heavy (non-hydrogen) atoms. The quantitative estimate of drug-likeness (QED) is 0.493. The minimum Gasteiger partial charge on any atom is -0.367 e. The lowest BCUT2D eigenvalue weighted by Gasteiger charge is -2.06. The number of hydrogen-bond acceptors (Lipinski definition) is 3. The van der Waals surface area contributed by atoms with Gasteiger partial charge in [0.1, 0.15) is 0 Å². The van der Waals surface area contributed by atoms with Gasteiger partial charge in [-0.3, -0.25) is 0 Å². The summed E-state index contributed by atoms with van der Waals surface area (Å²) in [5.41, 5.74) is 2.96. The van der Waals surface area contributed by atoms with Crippen molar-refractivity contribution in [3.05, 3.63) is 12.2 Å². The number of carbonyl (C=O) groups is 1. The van der Waals surface area contributed by atoms with Gasteiger partial charge in [0.05, 0.1) is 0 Å². The van der Waals surface area contributed by atoms with Gasteiger partial charge >= 0.3 is 5.97 Å². The summed E-state index contributed by atoms with van der Waals surface area (Å²) in [7, 11) is 0. The van der Waals surface area contributed by atoms with Gasteiger partial charge in [-0.05, 0) is 12.8 Å². The second-order valence-electron chi connectivity index (χ2n) is 2.91. The fourth-order valence-electron chi connectivity index (χ4n) is 0.361. The zero-order chi connectivity index (χ0) is 8.85. The van der Waals surface area contributed by atoms with Gasteiger partial charge in [0.2, 0.25) is 0 Å². The van der Waals surface area contributed by atoms with Crippen LogP contribution in [0.2, 0.25) is 0 Å². The topological polar surface area (TPSA) is 38.3 Å². The highest BCUT2D eigenvalue weighted by Crippen LogP contribution is 1.91. The molecule has 0 aliphatic rings. The summed E-state index contributed by atoms with van der Waals surface area (Å²) >= 11 is 0. The van der Waals surface area contributed by atoms with E-state index < -0.39 is 5.97 Å². The summed E-state index contributed by atoms with van der Waals surface area (Å²) in [5, 5.41) is 0. The molecular weight excluding hydrogens is 142 g/mol. The number of hydrogen-bond donors (Lipinski definition) is 1. The highest BCUT2D eigenvalue weighted by molar-refractivity contribution is 5.86. The minimum atomic E-state index is -0.398. The first-order valence-corrected chi connectivity index (χ1v) is 3.63. The Balaban J connectivity index is 3.40. The highest BCUT2D eigenvalue weighted by Gasteiger charge is 2.02. The van der Waals surface area contributed by atoms with Crippen LogP contribution in [-0.2, 0) is 9.63 Å². The van der Waals surface area contributed by atoms with Crippen molar-refractivity contribution in [2.24, 2.45) is 5.92 Å². The first-order chi connectivity index (χ1) is 5.04. The van der Waals surface area contributed by atoms with Gasteiger partial charge in [-0.15, -0.1) is 0 Å². The summed E-state index contributed by atoms with van der Waals surface area (Å²) in [6.45, 7) is 9.77. The monoisotopic (exact) mass is 157 g/mol. The van der Waals surface area contributed by atoms with Crippen LogP contribution in [0.15, 0.2) is 12.2 Å². The molecule has 0 radical (unpaired) electrons. The third-order valence-corrected chi connectivity index (χ3v) is 1.00. The van der Waals surface area contributed by atoms with Crippen LogP contribution < -0.4 is 5.48 Å². The average molecular weight is 157 g/mol. The fourth-order valence-corrected chi connectivity index (χ4v) is 0.361. The zero-order valence-electron chi connectivity index (χ0n) is 7.31. The summed E-state index contributed by atoms with van der Waals surface area (Å²) in [6.07, 6.45) is 0. The van der Waals surface area contributed by atoms with Crippen LogP contribution >= 0.6 is 0 Å². The molecule has 0 saturated carbocycles. The van der Waals surface area contributed by atoms with Crippen molar-refractivity contribution >= 4 is 5.97 Å². The molecule has 3 nitrogen and oxygen atoms in total. The van der Waals surface area contributed by atoms with Crippen molar-refractivity contribution in [2.75, 3.05) is 6.54 Å². The van der Waals surface area contributed by atoms with Gasteiger partial charge in [0.15, 0.2) is 0 Å². The third kappa shape index (κ3) is 5.61. The maximum absolute atomic E-state index is 10.7. The lowest BCUT2D eigenvalue weighted by Crippen LogP contribution is -2.24. The molecule has 0 aromatic rings. The smallest absolute Gasteiger partial charge is 0.351 e. The van der Waals surface area contributed by atoms with E-state index in [1.54, 1.807) is 6.92 Å². The number of rotatable bonds is 4. The van der Waals surface area contributed by atoms with Crippen molar-refractivity contribution < 1.29 is 9.63 Å². The van der Waals surface area contributed by atoms with E-state index in [-0.39, 0.29) is 0 Å². The molecule has 3 heteroatoms. The molecule has 0 saturated heterocycles. The Kier molecular flexibility index (Phi) is 4.54. The van der Waals surface area contributed by atoms with Crippen molar-refractivity contribution in [3.8, 4) is 0 Å². The Hall–Kier alpha value is -0.830. The predicted octanol–water partition coefficient (Wildman–Crippen LogP) is 1.27. The minimum absolute atomic E-state index is 0.398. The van der Waals surface area contributed by atoms with Crippen LogP contribution in [0.5, 0.6) is 0 Å². The van der Waals surface area contributed by atoms with Crippen LogP contribution in [0, 0.1) is 5.92 Å². The van der Waals surface area contributed by atoms with E-state index in [1.807, 2.05) is 13.8 Å². The van der Waals surface area contributed by atoms with Crippen LogP contribution in [0.1, 0.15) is 20.8 Å². The molecule has 0 fully saturated rings. The molecule has 0 aliphatic heterocycles. The maximum Gasteiger partial charge on any atom is 0.351 e. The largest absolute Gasteiger partial charge is 0.367 e. The summed E-state index contributed by atoms with van der Waals surface area (Å²) in [4.78, 5) is 15.4. The Bertz CT molecular complexity index is 152. The lowest BCUT2D eigenvalue weighted by atomic mass is 10.2. The number of hydroxylamine groups is 1. The van der Waals surface area contributed by atoms with Gasteiger partial charge in [0, 0.05) is 12.1 Å². The molecule has 0 spiro atoms. The number of carbonyl (C=O) groups excluding carboxylic acids is 1.